The number of sulfonamides is 1. The zero-order valence-corrected chi connectivity index (χ0v) is 20.1. The lowest BCUT2D eigenvalue weighted by atomic mass is 10.1. The first kappa shape index (κ1) is 24.0. The maximum Gasteiger partial charge on any atom is 0.260 e. The van der Waals surface area contributed by atoms with E-state index in [0.29, 0.717) is 31.1 Å². The maximum absolute atomic E-state index is 12.7. The van der Waals surface area contributed by atoms with Gasteiger partial charge >= 0.3 is 0 Å². The molecule has 7 nitrogen and oxygen atoms in total. The predicted molar refractivity (Wildman–Crippen MR) is 132 cm³/mol. The first-order valence-corrected chi connectivity index (χ1v) is 13.0. The third-order valence-corrected chi connectivity index (χ3v) is 7.76. The molecule has 180 valence electrons. The van der Waals surface area contributed by atoms with Crippen LogP contribution in [0.25, 0.3) is 10.8 Å². The van der Waals surface area contributed by atoms with Crippen LogP contribution in [-0.2, 0) is 14.8 Å². The largest absolute Gasteiger partial charge is 0.492 e. The second-order valence-corrected chi connectivity index (χ2v) is 10.3. The van der Waals surface area contributed by atoms with Gasteiger partial charge in [0, 0.05) is 13.1 Å². The molecule has 8 heteroatoms. The third-order valence-electron chi connectivity index (χ3n) is 5.85. The van der Waals surface area contributed by atoms with E-state index >= 15 is 0 Å². The molecule has 1 atom stereocenters. The van der Waals surface area contributed by atoms with Crippen LogP contribution in [0.4, 0.5) is 0 Å². The van der Waals surface area contributed by atoms with Gasteiger partial charge in [0.25, 0.3) is 5.91 Å². The molecule has 0 bridgehead atoms. The second-order valence-electron chi connectivity index (χ2n) is 8.34. The minimum atomic E-state index is -3.46. The van der Waals surface area contributed by atoms with Crippen molar-refractivity contribution in [2.75, 3.05) is 26.2 Å². The van der Waals surface area contributed by atoms with Crippen LogP contribution in [-0.4, -0.2) is 51.0 Å². The van der Waals surface area contributed by atoms with Crippen LogP contribution in [0, 0.1) is 0 Å². The summed E-state index contributed by atoms with van der Waals surface area (Å²) in [6, 6.07) is 20.1. The van der Waals surface area contributed by atoms with Crippen molar-refractivity contribution in [1.82, 2.24) is 9.62 Å². The summed E-state index contributed by atoms with van der Waals surface area (Å²) in [5.74, 6) is 0.948. The molecule has 1 heterocycles. The molecule has 1 aliphatic rings. The Labute approximate surface area is 200 Å². The van der Waals surface area contributed by atoms with Gasteiger partial charge < -0.3 is 14.8 Å². The maximum atomic E-state index is 12.7. The van der Waals surface area contributed by atoms with Crippen molar-refractivity contribution in [1.29, 1.82) is 0 Å². The Morgan fingerprint density at radius 1 is 0.941 bits per heavy atom. The van der Waals surface area contributed by atoms with E-state index in [-0.39, 0.29) is 17.4 Å². The van der Waals surface area contributed by atoms with E-state index in [1.54, 1.807) is 35.5 Å². The fraction of sp³-hybridized carbons (Fsp3) is 0.346. The Kier molecular flexibility index (Phi) is 7.70. The molecule has 4 rings (SSSR count). The number of nitrogens with one attached hydrogen (secondary N) is 1. The van der Waals surface area contributed by atoms with Crippen molar-refractivity contribution < 1.29 is 22.7 Å². The summed E-state index contributed by atoms with van der Waals surface area (Å²) in [4.78, 5) is 12.6. The lowest BCUT2D eigenvalue weighted by Crippen LogP contribution is -2.38. The normalized spacial score (nSPS) is 15.6. The molecule has 34 heavy (non-hydrogen) atoms. The molecular weight excluding hydrogens is 452 g/mol. The van der Waals surface area contributed by atoms with E-state index in [1.165, 1.54) is 0 Å². The third kappa shape index (κ3) is 5.87. The van der Waals surface area contributed by atoms with Gasteiger partial charge in [0.1, 0.15) is 18.1 Å². The van der Waals surface area contributed by atoms with Crippen molar-refractivity contribution in [2.45, 2.75) is 37.2 Å². The standard InChI is InChI=1S/C26H30N2O5S/c1-20(33-24-10-9-21-7-3-4-8-22(21)19-24)26(29)27-15-18-32-23-11-13-25(14-12-23)34(30,31)28-16-5-2-6-17-28/h3-4,7-14,19-20H,2,5-6,15-18H2,1H3,(H,27,29)/t20-/m0/s1. The highest BCUT2D eigenvalue weighted by molar-refractivity contribution is 7.89. The first-order chi connectivity index (χ1) is 16.4. The molecule has 0 saturated carbocycles. The van der Waals surface area contributed by atoms with E-state index in [1.807, 2.05) is 42.5 Å². The highest BCUT2D eigenvalue weighted by Gasteiger charge is 2.25. The van der Waals surface area contributed by atoms with Gasteiger partial charge in [-0.1, -0.05) is 36.8 Å². The van der Waals surface area contributed by atoms with Crippen molar-refractivity contribution >= 4 is 26.7 Å². The van der Waals surface area contributed by atoms with Gasteiger partial charge in [-0.3, -0.25) is 4.79 Å². The van der Waals surface area contributed by atoms with Gasteiger partial charge in [-0.2, -0.15) is 4.31 Å². The van der Waals surface area contributed by atoms with E-state index in [4.69, 9.17) is 9.47 Å². The van der Waals surface area contributed by atoms with Crippen LogP contribution in [0.2, 0.25) is 0 Å². The summed E-state index contributed by atoms with van der Waals surface area (Å²) < 4.78 is 38.4. The van der Waals surface area contributed by atoms with Gasteiger partial charge in [-0.25, -0.2) is 8.42 Å². The van der Waals surface area contributed by atoms with Crippen LogP contribution >= 0.6 is 0 Å². The van der Waals surface area contributed by atoms with Gasteiger partial charge in [0.15, 0.2) is 6.10 Å². The fourth-order valence-corrected chi connectivity index (χ4v) is 5.46. The van der Waals surface area contributed by atoms with Crippen LogP contribution in [0.1, 0.15) is 26.2 Å². The fourth-order valence-electron chi connectivity index (χ4n) is 3.95. The summed E-state index contributed by atoms with van der Waals surface area (Å²) in [5.41, 5.74) is 0. The van der Waals surface area contributed by atoms with Gasteiger partial charge in [0.05, 0.1) is 11.4 Å². The minimum absolute atomic E-state index is 0.236. The molecule has 0 radical (unpaired) electrons. The highest BCUT2D eigenvalue weighted by Crippen LogP contribution is 2.23. The van der Waals surface area contributed by atoms with Crippen LogP contribution in [0.15, 0.2) is 71.6 Å². The summed E-state index contributed by atoms with van der Waals surface area (Å²) in [7, 11) is -3.46. The molecule has 3 aromatic rings. The van der Waals surface area contributed by atoms with E-state index in [0.717, 1.165) is 30.0 Å². The van der Waals surface area contributed by atoms with Crippen molar-refractivity contribution in [2.24, 2.45) is 0 Å². The Hall–Kier alpha value is -3.10. The average molecular weight is 483 g/mol. The molecular formula is C26H30N2O5S. The SMILES string of the molecule is C[C@H](Oc1ccc2ccccc2c1)C(=O)NCCOc1ccc(S(=O)(=O)N2CCCCC2)cc1. The monoisotopic (exact) mass is 482 g/mol. The number of fused-ring (bicyclic) bond motifs is 1. The van der Waals surface area contributed by atoms with E-state index < -0.39 is 16.1 Å². The number of ether oxygens (including phenoxy) is 2. The number of hydrogen-bond donors (Lipinski definition) is 1. The van der Waals surface area contributed by atoms with Gasteiger partial charge in [-0.05, 0) is 66.9 Å². The summed E-state index contributed by atoms with van der Waals surface area (Å²) >= 11 is 0. The first-order valence-electron chi connectivity index (χ1n) is 11.6. The zero-order valence-electron chi connectivity index (χ0n) is 19.3. The molecule has 1 amide bonds. The molecule has 1 saturated heterocycles. The summed E-state index contributed by atoms with van der Waals surface area (Å²) in [5, 5.41) is 4.96. The van der Waals surface area contributed by atoms with Crippen LogP contribution in [0.5, 0.6) is 11.5 Å². The zero-order chi connectivity index (χ0) is 24.0. The number of carbonyl (C=O) groups excluding carboxylic acids is 1. The number of benzene rings is 3. The summed E-state index contributed by atoms with van der Waals surface area (Å²) in [6.07, 6.45) is 2.22. The Morgan fingerprint density at radius 3 is 2.35 bits per heavy atom. The Balaban J connectivity index is 1.22. The topological polar surface area (TPSA) is 84.9 Å². The number of hydrogen-bond acceptors (Lipinski definition) is 5. The second kappa shape index (κ2) is 10.9. The molecule has 0 aromatic heterocycles. The Bertz CT molecular complexity index is 1220. The molecule has 0 unspecified atom stereocenters. The van der Waals surface area contributed by atoms with Gasteiger partial charge in [0.2, 0.25) is 10.0 Å². The molecule has 0 spiro atoms. The lowest BCUT2D eigenvalue weighted by molar-refractivity contribution is -0.127. The lowest BCUT2D eigenvalue weighted by Gasteiger charge is -2.25. The average Bonchev–Trinajstić information content (AvgIpc) is 2.87. The smallest absolute Gasteiger partial charge is 0.260 e. The van der Waals surface area contributed by atoms with E-state index in [9.17, 15) is 13.2 Å². The predicted octanol–water partition coefficient (Wildman–Crippen LogP) is 3.98. The van der Waals surface area contributed by atoms with E-state index in [2.05, 4.69) is 5.32 Å². The molecule has 1 fully saturated rings. The number of piperidine rings is 1. The molecule has 3 aromatic carbocycles. The molecule has 1 N–H and O–H groups in total. The quantitative estimate of drug-likeness (QED) is 0.467. The number of nitrogens with zero attached hydrogens (tertiary/aromatic N) is 1. The number of rotatable bonds is 9. The Morgan fingerprint density at radius 2 is 1.62 bits per heavy atom. The van der Waals surface area contributed by atoms with Crippen LogP contribution in [0.3, 0.4) is 0 Å². The van der Waals surface area contributed by atoms with Crippen molar-refractivity contribution in [3.8, 4) is 11.5 Å². The van der Waals surface area contributed by atoms with Gasteiger partial charge in [-0.15, -0.1) is 0 Å². The summed E-state index contributed by atoms with van der Waals surface area (Å²) in [6.45, 7) is 3.41. The van der Waals surface area contributed by atoms with Crippen LogP contribution < -0.4 is 14.8 Å². The number of carbonyl (C=O) groups is 1. The number of amides is 1. The highest BCUT2D eigenvalue weighted by atomic mass is 32.2. The molecule has 0 aliphatic carbocycles. The molecule has 1 aliphatic heterocycles. The van der Waals surface area contributed by atoms with Crippen molar-refractivity contribution in [3.05, 3.63) is 66.7 Å². The van der Waals surface area contributed by atoms with Crippen molar-refractivity contribution in [3.63, 3.8) is 0 Å². The minimum Gasteiger partial charge on any atom is -0.492 e.